The van der Waals surface area contributed by atoms with Gasteiger partial charge in [-0.25, -0.2) is 4.21 Å². The van der Waals surface area contributed by atoms with Crippen molar-refractivity contribution in [2.75, 3.05) is 30.3 Å². The van der Waals surface area contributed by atoms with Crippen LogP contribution in [-0.4, -0.2) is 52.6 Å². The van der Waals surface area contributed by atoms with Gasteiger partial charge >= 0.3 is 0 Å². The molecule has 2 heterocycles. The van der Waals surface area contributed by atoms with E-state index in [2.05, 4.69) is 27.6 Å². The van der Waals surface area contributed by atoms with E-state index in [-0.39, 0.29) is 23.0 Å². The number of nitrogens with zero attached hydrogens (tertiary/aromatic N) is 1. The Morgan fingerprint density at radius 2 is 2.05 bits per heavy atom. The van der Waals surface area contributed by atoms with E-state index in [4.69, 9.17) is 16.3 Å². The van der Waals surface area contributed by atoms with Gasteiger partial charge in [-0.3, -0.25) is 9.52 Å². The minimum absolute atomic E-state index is 0.193. The van der Waals surface area contributed by atoms with Crippen molar-refractivity contribution in [2.24, 2.45) is 11.8 Å². The van der Waals surface area contributed by atoms with Gasteiger partial charge in [-0.2, -0.15) is 0 Å². The lowest BCUT2D eigenvalue weighted by molar-refractivity contribution is 0.0456. The number of allylic oxidation sites excluding steroid dienone is 1. The van der Waals surface area contributed by atoms with E-state index in [1.807, 2.05) is 30.4 Å². The highest BCUT2D eigenvalue weighted by Crippen LogP contribution is 2.46. The van der Waals surface area contributed by atoms with E-state index in [0.717, 1.165) is 61.7 Å². The molecule has 1 spiro atoms. The maximum absolute atomic E-state index is 13.2. The Labute approximate surface area is 236 Å². The maximum Gasteiger partial charge on any atom is 0.262 e. The second-order valence-corrected chi connectivity index (χ2v) is 14.5. The van der Waals surface area contributed by atoms with E-state index >= 15 is 0 Å². The second kappa shape index (κ2) is 10.5. The summed E-state index contributed by atoms with van der Waals surface area (Å²) in [5.41, 5.74) is 3.69. The van der Waals surface area contributed by atoms with Crippen molar-refractivity contribution < 1.29 is 18.8 Å². The number of aliphatic hydroxyl groups is 1. The van der Waals surface area contributed by atoms with E-state index in [9.17, 15) is 14.1 Å². The fourth-order valence-corrected chi connectivity index (χ4v) is 8.29. The number of nitrogens with one attached hydrogen (secondary N) is 1. The van der Waals surface area contributed by atoms with Gasteiger partial charge in [-0.1, -0.05) is 29.8 Å². The highest BCUT2D eigenvalue weighted by molar-refractivity contribution is 7.99. The average Bonchev–Trinajstić information content (AvgIpc) is 3.02. The van der Waals surface area contributed by atoms with E-state index in [1.165, 1.54) is 11.1 Å². The Morgan fingerprint density at radius 3 is 2.87 bits per heavy atom. The van der Waals surface area contributed by atoms with Crippen molar-refractivity contribution in [1.29, 1.82) is 0 Å². The Kier molecular flexibility index (Phi) is 7.19. The van der Waals surface area contributed by atoms with Crippen LogP contribution in [0.2, 0.25) is 5.02 Å². The molecule has 2 aliphatic heterocycles. The first-order chi connectivity index (χ1) is 18.7. The van der Waals surface area contributed by atoms with Crippen LogP contribution in [0.25, 0.3) is 0 Å². The number of fused-ring (bicyclic) bond motifs is 4. The van der Waals surface area contributed by atoms with Gasteiger partial charge in [-0.15, -0.1) is 0 Å². The summed E-state index contributed by atoms with van der Waals surface area (Å²) in [6.45, 7) is 2.07. The maximum atomic E-state index is 13.2. The van der Waals surface area contributed by atoms with Crippen molar-refractivity contribution in [2.45, 2.75) is 56.5 Å². The molecule has 8 heteroatoms. The smallest absolute Gasteiger partial charge is 0.262 e. The summed E-state index contributed by atoms with van der Waals surface area (Å²) in [4.78, 5) is 15.6. The number of hydrogen-bond acceptors (Lipinski definition) is 5. The number of aryl methyl sites for hydroxylation is 1. The van der Waals surface area contributed by atoms with E-state index in [0.29, 0.717) is 30.9 Å². The Hall–Kier alpha value is -2.48. The largest absolute Gasteiger partial charge is 0.490 e. The van der Waals surface area contributed by atoms with E-state index < -0.39 is 15.8 Å². The first kappa shape index (κ1) is 26.7. The minimum atomic E-state index is -2.78. The lowest BCUT2D eigenvalue weighted by Crippen LogP contribution is -2.49. The molecule has 1 unspecified atom stereocenters. The monoisotopic (exact) mass is 568 g/mol. The van der Waals surface area contributed by atoms with Crippen LogP contribution in [0.15, 0.2) is 48.6 Å². The van der Waals surface area contributed by atoms with Gasteiger partial charge in [0.2, 0.25) is 0 Å². The number of amides is 1. The topological polar surface area (TPSA) is 78.9 Å². The Balaban J connectivity index is 1.42. The van der Waals surface area contributed by atoms with Crippen molar-refractivity contribution in [1.82, 2.24) is 4.72 Å². The third-order valence-corrected chi connectivity index (χ3v) is 10.9. The molecule has 2 N–H and O–H groups in total. The van der Waals surface area contributed by atoms with Crippen molar-refractivity contribution in [3.63, 3.8) is 0 Å². The number of rotatable bonds is 0. The molecule has 1 saturated carbocycles. The highest BCUT2D eigenvalue weighted by atomic mass is 35.5. The molecule has 208 valence electrons. The molecule has 5 atom stereocenters. The average molecular weight is 569 g/mol. The van der Waals surface area contributed by atoms with Gasteiger partial charge in [-0.05, 0) is 104 Å². The molecule has 0 aromatic heterocycles. The summed E-state index contributed by atoms with van der Waals surface area (Å²) >= 11 is 6.38. The third-order valence-electron chi connectivity index (χ3n) is 9.13. The van der Waals surface area contributed by atoms with Gasteiger partial charge in [0.25, 0.3) is 5.91 Å². The fourth-order valence-electron chi connectivity index (χ4n) is 6.90. The van der Waals surface area contributed by atoms with E-state index in [1.54, 1.807) is 6.07 Å². The number of carbonyl (C=O) groups is 1. The molecule has 6 rings (SSSR count). The third kappa shape index (κ3) is 5.33. The summed E-state index contributed by atoms with van der Waals surface area (Å²) in [6.07, 6.45) is 9.80. The molecule has 2 aliphatic carbocycles. The molecule has 4 aliphatic rings. The standard InChI is InChI=1S/C31H37ClN2O4S/c1-39(37)15-4-2-3-7-28(35)25-11-8-23(25)18-34-19-31(14-5-6-21-16-24(32)10-12-26(21)31)20-38-29-13-9-22(17-27(29)34)30(36)33-39/h3,7,9-10,12-13,16-17,23,25,28,35H,1-2,4-6,8,11,14-15,18-20H2,(H,33,36,37)/b7-3+/t23-,25+,28+,31-,39?/m0/s1. The normalized spacial score (nSPS) is 33.5. The fraction of sp³-hybridized carbons (Fsp3) is 0.484. The summed E-state index contributed by atoms with van der Waals surface area (Å²) in [7, 11) is -2.78. The van der Waals surface area contributed by atoms with Gasteiger partial charge < -0.3 is 14.7 Å². The number of anilines is 1. The first-order valence-corrected chi connectivity index (χ1v) is 16.3. The number of benzene rings is 2. The molecule has 2 aromatic rings. The Morgan fingerprint density at radius 1 is 1.18 bits per heavy atom. The number of hydrogen-bond donors (Lipinski definition) is 2. The molecular formula is C31H37ClN2O4S. The van der Waals surface area contributed by atoms with Crippen LogP contribution in [0.1, 0.15) is 60.0 Å². The Bertz CT molecular complexity index is 1410. The molecule has 2 aromatic carbocycles. The number of aliphatic hydroxyl groups excluding tert-OH is 1. The van der Waals surface area contributed by atoms with Gasteiger partial charge in [0.1, 0.15) is 5.75 Å². The lowest BCUT2D eigenvalue weighted by Gasteiger charge is -2.45. The molecular weight excluding hydrogens is 532 g/mol. The molecule has 0 radical (unpaired) electrons. The van der Waals surface area contributed by atoms with Crippen molar-refractivity contribution >= 4 is 38.8 Å². The van der Waals surface area contributed by atoms with Crippen LogP contribution < -0.4 is 14.4 Å². The summed E-state index contributed by atoms with van der Waals surface area (Å²) in [5, 5.41) is 11.8. The summed E-state index contributed by atoms with van der Waals surface area (Å²) < 4.78 is 22.2. The predicted octanol–water partition coefficient (Wildman–Crippen LogP) is 4.91. The number of halogens is 1. The second-order valence-electron chi connectivity index (χ2n) is 11.8. The first-order valence-electron chi connectivity index (χ1n) is 14.1. The van der Waals surface area contributed by atoms with Crippen molar-refractivity contribution in [3.8, 4) is 5.75 Å². The molecule has 0 saturated heterocycles. The zero-order valence-corrected chi connectivity index (χ0v) is 23.8. The zero-order chi connectivity index (χ0) is 27.2. The predicted molar refractivity (Wildman–Crippen MR) is 158 cm³/mol. The minimum Gasteiger partial charge on any atom is -0.490 e. The van der Waals surface area contributed by atoms with Gasteiger partial charge in [0.05, 0.1) is 18.4 Å². The van der Waals surface area contributed by atoms with Crippen LogP contribution in [-0.2, 0) is 21.5 Å². The van der Waals surface area contributed by atoms with Crippen LogP contribution in [0.4, 0.5) is 5.69 Å². The molecule has 6 nitrogen and oxygen atoms in total. The quantitative estimate of drug-likeness (QED) is 0.349. The molecule has 2 bridgehead atoms. The zero-order valence-electron chi connectivity index (χ0n) is 22.2. The molecule has 1 fully saturated rings. The summed E-state index contributed by atoms with van der Waals surface area (Å²) in [6, 6.07) is 11.7. The lowest BCUT2D eigenvalue weighted by atomic mass is 9.68. The summed E-state index contributed by atoms with van der Waals surface area (Å²) in [5.74, 6) is 4.99. The van der Waals surface area contributed by atoms with Gasteiger partial charge in [0, 0.05) is 44.6 Å². The van der Waals surface area contributed by atoms with Crippen LogP contribution in [0.5, 0.6) is 5.75 Å². The van der Waals surface area contributed by atoms with Gasteiger partial charge in [0.15, 0.2) is 0 Å². The van der Waals surface area contributed by atoms with Crippen LogP contribution >= 0.6 is 11.6 Å². The SMILES string of the molecule is C=S1(=O)CCC/C=C/[C@@H](O)[C@@H]2CC[C@H]2CN2C[C@@]3(CCCc4cc(Cl)ccc43)COc3ccc(cc32)C(=O)N1. The molecule has 1 amide bonds. The molecule has 39 heavy (non-hydrogen) atoms. The number of ether oxygens (including phenoxy) is 1. The van der Waals surface area contributed by atoms with Crippen LogP contribution in [0.3, 0.4) is 0 Å². The van der Waals surface area contributed by atoms with Crippen molar-refractivity contribution in [3.05, 3.63) is 70.3 Å². The highest BCUT2D eigenvalue weighted by Gasteiger charge is 2.44. The van der Waals surface area contributed by atoms with Crippen LogP contribution in [0, 0.1) is 11.8 Å². The number of carbonyl (C=O) groups excluding carboxylic acids is 1.